The molecule has 1 aromatic rings. The van der Waals surface area contributed by atoms with Crippen LogP contribution in [0.5, 0.6) is 5.75 Å². The third-order valence-electron chi connectivity index (χ3n) is 4.65. The van der Waals surface area contributed by atoms with E-state index in [1.54, 1.807) is 7.11 Å². The molecule has 1 N–H and O–H groups in total. The minimum atomic E-state index is 0.362. The number of nitrogens with zero attached hydrogens (tertiary/aromatic N) is 1. The Bertz CT molecular complexity index is 404. The number of nitrogens with one attached hydrogen (secondary N) is 1. The van der Waals surface area contributed by atoms with Crippen LogP contribution in [-0.2, 0) is 0 Å². The van der Waals surface area contributed by atoms with Crippen molar-refractivity contribution in [2.75, 3.05) is 20.7 Å². The Kier molecular flexibility index (Phi) is 5.44. The molecule has 20 heavy (non-hydrogen) atoms. The molecule has 112 valence electrons. The van der Waals surface area contributed by atoms with Crippen LogP contribution in [0.1, 0.15) is 44.7 Å². The second-order valence-corrected chi connectivity index (χ2v) is 5.86. The molecule has 1 aromatic carbocycles. The van der Waals surface area contributed by atoms with Crippen molar-refractivity contribution in [2.45, 2.75) is 51.2 Å². The first-order chi connectivity index (χ1) is 9.67. The number of benzene rings is 1. The quantitative estimate of drug-likeness (QED) is 0.893. The van der Waals surface area contributed by atoms with Gasteiger partial charge >= 0.3 is 0 Å². The van der Waals surface area contributed by atoms with E-state index in [9.17, 15) is 0 Å². The molecule has 0 radical (unpaired) electrons. The van der Waals surface area contributed by atoms with Crippen LogP contribution >= 0.6 is 0 Å². The number of ether oxygens (including phenoxy) is 1. The summed E-state index contributed by atoms with van der Waals surface area (Å²) in [5.41, 5.74) is 1.33. The molecule has 1 fully saturated rings. The number of hydrogen-bond donors (Lipinski definition) is 1. The standard InChI is InChI=1S/C17H28N2O/c1-13-7-5-6-12-19(13)14(2)17(18-3)15-8-10-16(20-4)11-9-15/h8-11,13-14,17-18H,5-7,12H2,1-4H3. The SMILES string of the molecule is CNC(c1ccc(OC)cc1)C(C)N1CCCCC1C. The van der Waals surface area contributed by atoms with Gasteiger partial charge in [-0.2, -0.15) is 0 Å². The van der Waals surface area contributed by atoms with Crippen molar-refractivity contribution in [3.05, 3.63) is 29.8 Å². The summed E-state index contributed by atoms with van der Waals surface area (Å²) in [6.07, 6.45) is 4.02. The largest absolute Gasteiger partial charge is 0.497 e. The van der Waals surface area contributed by atoms with E-state index < -0.39 is 0 Å². The molecular formula is C17H28N2O. The summed E-state index contributed by atoms with van der Waals surface area (Å²) < 4.78 is 5.25. The zero-order valence-corrected chi connectivity index (χ0v) is 13.2. The number of rotatable bonds is 5. The molecule has 1 saturated heterocycles. The highest BCUT2D eigenvalue weighted by molar-refractivity contribution is 5.29. The molecule has 3 nitrogen and oxygen atoms in total. The molecule has 0 amide bonds. The van der Waals surface area contributed by atoms with Gasteiger partial charge in [0, 0.05) is 18.1 Å². The first-order valence-corrected chi connectivity index (χ1v) is 7.74. The molecule has 3 heteroatoms. The second kappa shape index (κ2) is 7.09. The van der Waals surface area contributed by atoms with Gasteiger partial charge in [-0.1, -0.05) is 18.6 Å². The lowest BCUT2D eigenvalue weighted by Crippen LogP contribution is -2.48. The van der Waals surface area contributed by atoms with Crippen LogP contribution in [0.4, 0.5) is 0 Å². The monoisotopic (exact) mass is 276 g/mol. The van der Waals surface area contributed by atoms with Gasteiger partial charge < -0.3 is 10.1 Å². The van der Waals surface area contributed by atoms with Crippen LogP contribution in [0, 0.1) is 0 Å². The van der Waals surface area contributed by atoms with E-state index in [1.807, 2.05) is 12.1 Å². The maximum atomic E-state index is 5.25. The lowest BCUT2D eigenvalue weighted by molar-refractivity contribution is 0.0923. The fourth-order valence-electron chi connectivity index (χ4n) is 3.41. The predicted molar refractivity (Wildman–Crippen MR) is 84.3 cm³/mol. The van der Waals surface area contributed by atoms with Crippen molar-refractivity contribution >= 4 is 0 Å². The number of methoxy groups -OCH3 is 1. The van der Waals surface area contributed by atoms with Gasteiger partial charge in [-0.15, -0.1) is 0 Å². The summed E-state index contributed by atoms with van der Waals surface area (Å²) in [6.45, 7) is 5.92. The van der Waals surface area contributed by atoms with Gasteiger partial charge in [-0.05, 0) is 58.0 Å². The Hall–Kier alpha value is -1.06. The molecule has 0 aliphatic carbocycles. The van der Waals surface area contributed by atoms with Gasteiger partial charge in [-0.25, -0.2) is 0 Å². The smallest absolute Gasteiger partial charge is 0.118 e. The van der Waals surface area contributed by atoms with E-state index in [1.165, 1.54) is 31.4 Å². The minimum Gasteiger partial charge on any atom is -0.497 e. The Morgan fingerprint density at radius 2 is 1.95 bits per heavy atom. The van der Waals surface area contributed by atoms with Crippen molar-refractivity contribution in [3.8, 4) is 5.75 Å². The van der Waals surface area contributed by atoms with Crippen LogP contribution in [-0.4, -0.2) is 37.7 Å². The fourth-order valence-corrected chi connectivity index (χ4v) is 3.41. The highest BCUT2D eigenvalue weighted by Gasteiger charge is 2.28. The Morgan fingerprint density at radius 1 is 1.25 bits per heavy atom. The van der Waals surface area contributed by atoms with Crippen LogP contribution in [0.25, 0.3) is 0 Å². The van der Waals surface area contributed by atoms with Gasteiger partial charge in [0.15, 0.2) is 0 Å². The van der Waals surface area contributed by atoms with Gasteiger partial charge in [-0.3, -0.25) is 4.90 Å². The van der Waals surface area contributed by atoms with E-state index in [-0.39, 0.29) is 0 Å². The second-order valence-electron chi connectivity index (χ2n) is 5.86. The Labute approximate surface area is 123 Å². The summed E-state index contributed by atoms with van der Waals surface area (Å²) in [6, 6.07) is 9.99. The van der Waals surface area contributed by atoms with Crippen LogP contribution in [0.3, 0.4) is 0 Å². The lowest BCUT2D eigenvalue weighted by Gasteiger charge is -2.41. The fraction of sp³-hybridized carbons (Fsp3) is 0.647. The van der Waals surface area contributed by atoms with E-state index in [0.717, 1.165) is 5.75 Å². The first-order valence-electron chi connectivity index (χ1n) is 7.74. The molecule has 0 bridgehead atoms. The molecule has 1 aliphatic rings. The van der Waals surface area contributed by atoms with Crippen LogP contribution in [0.2, 0.25) is 0 Å². The van der Waals surface area contributed by atoms with Crippen molar-refractivity contribution in [1.29, 1.82) is 0 Å². The number of likely N-dealkylation sites (N-methyl/N-ethyl adjacent to an activating group) is 1. The van der Waals surface area contributed by atoms with Crippen molar-refractivity contribution in [1.82, 2.24) is 10.2 Å². The van der Waals surface area contributed by atoms with Gasteiger partial charge in [0.1, 0.15) is 5.75 Å². The van der Waals surface area contributed by atoms with Gasteiger partial charge in [0.2, 0.25) is 0 Å². The number of likely N-dealkylation sites (tertiary alicyclic amines) is 1. The topological polar surface area (TPSA) is 24.5 Å². The van der Waals surface area contributed by atoms with Crippen LogP contribution < -0.4 is 10.1 Å². The minimum absolute atomic E-state index is 0.362. The van der Waals surface area contributed by atoms with E-state index in [2.05, 4.69) is 43.2 Å². The predicted octanol–water partition coefficient (Wildman–Crippen LogP) is 3.22. The third kappa shape index (κ3) is 3.33. The average molecular weight is 276 g/mol. The normalized spacial score (nSPS) is 23.3. The van der Waals surface area contributed by atoms with Gasteiger partial charge in [0.25, 0.3) is 0 Å². The average Bonchev–Trinajstić information content (AvgIpc) is 2.49. The van der Waals surface area contributed by atoms with Gasteiger partial charge in [0.05, 0.1) is 7.11 Å². The maximum Gasteiger partial charge on any atom is 0.118 e. The Morgan fingerprint density at radius 3 is 2.50 bits per heavy atom. The number of hydrogen-bond acceptors (Lipinski definition) is 3. The molecule has 0 saturated carbocycles. The van der Waals surface area contributed by atoms with Crippen molar-refractivity contribution in [2.24, 2.45) is 0 Å². The maximum absolute atomic E-state index is 5.25. The van der Waals surface area contributed by atoms with E-state index in [0.29, 0.717) is 18.1 Å². The summed E-state index contributed by atoms with van der Waals surface area (Å²) >= 11 is 0. The van der Waals surface area contributed by atoms with Crippen molar-refractivity contribution < 1.29 is 4.74 Å². The van der Waals surface area contributed by atoms with E-state index in [4.69, 9.17) is 4.74 Å². The summed E-state index contributed by atoms with van der Waals surface area (Å²) in [5.74, 6) is 0.919. The highest BCUT2D eigenvalue weighted by atomic mass is 16.5. The molecule has 0 spiro atoms. The van der Waals surface area contributed by atoms with Crippen molar-refractivity contribution in [3.63, 3.8) is 0 Å². The zero-order chi connectivity index (χ0) is 14.5. The summed E-state index contributed by atoms with van der Waals surface area (Å²) in [4.78, 5) is 2.65. The summed E-state index contributed by atoms with van der Waals surface area (Å²) in [5, 5.41) is 3.49. The zero-order valence-electron chi connectivity index (χ0n) is 13.2. The third-order valence-corrected chi connectivity index (χ3v) is 4.65. The molecule has 0 aromatic heterocycles. The van der Waals surface area contributed by atoms with Crippen LogP contribution in [0.15, 0.2) is 24.3 Å². The highest BCUT2D eigenvalue weighted by Crippen LogP contribution is 2.27. The Balaban J connectivity index is 2.13. The first kappa shape index (κ1) is 15.3. The summed E-state index contributed by atoms with van der Waals surface area (Å²) in [7, 11) is 3.77. The molecule has 1 aliphatic heterocycles. The van der Waals surface area contributed by atoms with E-state index >= 15 is 0 Å². The molecular weight excluding hydrogens is 248 g/mol. The molecule has 1 heterocycles. The molecule has 3 atom stereocenters. The number of piperidine rings is 1. The molecule has 3 unspecified atom stereocenters. The molecule has 2 rings (SSSR count). The lowest BCUT2D eigenvalue weighted by atomic mass is 9.94.